The lowest BCUT2D eigenvalue weighted by Gasteiger charge is -2.19. The Labute approximate surface area is 273 Å². The van der Waals surface area contributed by atoms with Crippen LogP contribution in [0.4, 0.5) is 5.69 Å². The maximum Gasteiger partial charge on any atom is 0.0434 e. The Morgan fingerprint density at radius 3 is 2.02 bits per heavy atom. The van der Waals surface area contributed by atoms with Crippen molar-refractivity contribution in [1.82, 2.24) is 0 Å². The minimum Gasteiger partial charge on any atom is -0.385 e. The van der Waals surface area contributed by atoms with Crippen LogP contribution in [0.5, 0.6) is 0 Å². The predicted molar refractivity (Wildman–Crippen MR) is 203 cm³/mol. The summed E-state index contributed by atoms with van der Waals surface area (Å²) in [6.45, 7) is 3.33. The van der Waals surface area contributed by atoms with Gasteiger partial charge in [-0.1, -0.05) is 118 Å². The van der Waals surface area contributed by atoms with Gasteiger partial charge < -0.3 is 5.32 Å². The highest BCUT2D eigenvalue weighted by Crippen LogP contribution is 2.56. The van der Waals surface area contributed by atoms with Crippen molar-refractivity contribution in [2.45, 2.75) is 45.4 Å². The van der Waals surface area contributed by atoms with E-state index in [-0.39, 0.29) is 0 Å². The van der Waals surface area contributed by atoms with Crippen molar-refractivity contribution in [2.75, 3.05) is 11.9 Å². The molecule has 1 N–H and O–H groups in total. The van der Waals surface area contributed by atoms with Crippen LogP contribution in [0.15, 0.2) is 103 Å². The molecule has 10 rings (SSSR count). The van der Waals surface area contributed by atoms with Crippen LogP contribution in [-0.2, 0) is 0 Å². The van der Waals surface area contributed by atoms with Crippen LogP contribution in [0.2, 0.25) is 0 Å². The third kappa shape index (κ3) is 3.74. The molecule has 1 heterocycles. The van der Waals surface area contributed by atoms with E-state index in [9.17, 15) is 0 Å². The number of hydrogen-bond donors (Lipinski definition) is 1. The van der Waals surface area contributed by atoms with Gasteiger partial charge in [0.05, 0.1) is 0 Å². The molecule has 1 aromatic heterocycles. The number of unbranched alkanes of at least 4 members (excludes halogenated alkanes) is 5. The average molecular weight is 610 g/mol. The minimum atomic E-state index is 1.05. The van der Waals surface area contributed by atoms with E-state index >= 15 is 0 Å². The molecule has 0 atom stereocenters. The number of rotatable bonds is 9. The Morgan fingerprint density at radius 1 is 0.500 bits per heavy atom. The maximum atomic E-state index is 3.63. The summed E-state index contributed by atoms with van der Waals surface area (Å²) in [6, 6.07) is 39.6. The van der Waals surface area contributed by atoms with Crippen molar-refractivity contribution in [1.29, 1.82) is 0 Å². The first kappa shape index (κ1) is 26.5. The number of thiophene rings is 1. The highest BCUT2D eigenvalue weighted by Gasteiger charge is 2.28. The van der Waals surface area contributed by atoms with Gasteiger partial charge in [-0.2, -0.15) is 0 Å². The summed E-state index contributed by atoms with van der Waals surface area (Å²) in [5.74, 6) is 0. The van der Waals surface area contributed by atoms with Gasteiger partial charge in [0, 0.05) is 33.1 Å². The van der Waals surface area contributed by atoms with Crippen LogP contribution < -0.4 is 5.32 Å². The molecule has 2 heteroatoms. The SMILES string of the molecule is CCCCCCCCNc1ccc(-c2cc3c(s2)-c2ccc4c5ccc6ccc7cccc8cc(c9ccc-3c2c49)c5c6c78)cc1. The topological polar surface area (TPSA) is 12.0 Å². The van der Waals surface area contributed by atoms with Gasteiger partial charge in [0.1, 0.15) is 0 Å². The molecule has 1 aliphatic rings. The molecule has 0 fully saturated rings. The zero-order valence-corrected chi connectivity index (χ0v) is 27.0. The van der Waals surface area contributed by atoms with E-state index in [4.69, 9.17) is 0 Å². The highest BCUT2D eigenvalue weighted by molar-refractivity contribution is 7.19. The van der Waals surface area contributed by atoms with Crippen molar-refractivity contribution in [3.8, 4) is 32.0 Å². The van der Waals surface area contributed by atoms with E-state index in [2.05, 4.69) is 115 Å². The zero-order chi connectivity index (χ0) is 30.4. The molecular formula is C44H35NS. The van der Waals surface area contributed by atoms with E-state index < -0.39 is 0 Å². The number of benzene rings is 8. The monoisotopic (exact) mass is 609 g/mol. The zero-order valence-electron chi connectivity index (χ0n) is 26.2. The molecule has 0 amide bonds. The number of fused-ring (bicyclic) bond motifs is 5. The molecule has 0 radical (unpaired) electrons. The van der Waals surface area contributed by atoms with Gasteiger partial charge >= 0.3 is 0 Å². The standard InChI is InChI=1S/C44H35NS/c1-2-3-4-5-6-7-23-45-30-16-13-26(14-17-30)38-25-37-34-20-19-33-36-24-29-10-8-9-27-11-12-28-15-18-31(43(36)40(28)39(27)29)32-21-22-35(44(37)46-38)42(34)41(32)33/h8-22,24-25,45H,2-7,23H2,1H3. The molecule has 1 aliphatic carbocycles. The van der Waals surface area contributed by atoms with Crippen molar-refractivity contribution in [2.24, 2.45) is 0 Å². The fourth-order valence-corrected chi connectivity index (χ4v) is 9.68. The van der Waals surface area contributed by atoms with Crippen molar-refractivity contribution in [3.05, 3.63) is 103 Å². The Hall–Kier alpha value is -4.66. The van der Waals surface area contributed by atoms with Gasteiger partial charge in [-0.15, -0.1) is 11.3 Å². The Bertz CT molecular complexity index is 2560. The van der Waals surface area contributed by atoms with Crippen LogP contribution in [-0.4, -0.2) is 6.54 Å². The molecule has 8 aromatic carbocycles. The molecular weight excluding hydrogens is 575 g/mol. The van der Waals surface area contributed by atoms with Gasteiger partial charge in [0.15, 0.2) is 0 Å². The van der Waals surface area contributed by atoms with Gasteiger partial charge in [-0.3, -0.25) is 0 Å². The lowest BCUT2D eigenvalue weighted by molar-refractivity contribution is 0.617. The van der Waals surface area contributed by atoms with Crippen LogP contribution in [0.1, 0.15) is 45.4 Å². The molecule has 9 aromatic rings. The summed E-state index contributed by atoms with van der Waals surface area (Å²) < 4.78 is 0. The van der Waals surface area contributed by atoms with Gasteiger partial charge in [-0.25, -0.2) is 0 Å². The quantitative estimate of drug-likeness (QED) is 0.0975. The summed E-state index contributed by atoms with van der Waals surface area (Å²) in [5.41, 5.74) is 6.68. The summed E-state index contributed by atoms with van der Waals surface area (Å²) in [5, 5.41) is 20.2. The van der Waals surface area contributed by atoms with Crippen LogP contribution in [0.25, 0.3) is 96.6 Å². The van der Waals surface area contributed by atoms with Crippen LogP contribution in [0, 0.1) is 0 Å². The van der Waals surface area contributed by atoms with Crippen LogP contribution in [0.3, 0.4) is 0 Å². The first-order valence-corrected chi connectivity index (χ1v) is 17.9. The van der Waals surface area contributed by atoms with E-state index in [1.807, 2.05) is 11.3 Å². The molecule has 0 bridgehead atoms. The van der Waals surface area contributed by atoms with E-state index in [1.165, 1.54) is 141 Å². The van der Waals surface area contributed by atoms with Crippen LogP contribution >= 0.6 is 11.3 Å². The second-order valence-electron chi connectivity index (χ2n) is 13.4. The van der Waals surface area contributed by atoms with E-state index in [1.54, 1.807) is 0 Å². The smallest absolute Gasteiger partial charge is 0.0434 e. The maximum absolute atomic E-state index is 3.63. The van der Waals surface area contributed by atoms with Gasteiger partial charge in [-0.05, 0) is 106 Å². The molecule has 0 saturated heterocycles. The first-order valence-electron chi connectivity index (χ1n) is 17.1. The van der Waals surface area contributed by atoms with Gasteiger partial charge in [0.2, 0.25) is 0 Å². The molecule has 46 heavy (non-hydrogen) atoms. The Kier molecular flexibility index (Phi) is 5.87. The Balaban J connectivity index is 1.04. The molecule has 1 nitrogen and oxygen atoms in total. The highest BCUT2D eigenvalue weighted by atomic mass is 32.1. The normalized spacial score (nSPS) is 12.6. The van der Waals surface area contributed by atoms with Crippen molar-refractivity contribution < 1.29 is 0 Å². The lowest BCUT2D eigenvalue weighted by Crippen LogP contribution is -2.01. The lowest BCUT2D eigenvalue weighted by atomic mass is 9.84. The predicted octanol–water partition coefficient (Wildman–Crippen LogP) is 13.6. The Morgan fingerprint density at radius 2 is 1.17 bits per heavy atom. The number of nitrogens with one attached hydrogen (secondary N) is 1. The minimum absolute atomic E-state index is 1.05. The fourth-order valence-electron chi connectivity index (χ4n) is 8.47. The van der Waals surface area contributed by atoms with Crippen molar-refractivity contribution >= 4 is 81.7 Å². The summed E-state index contributed by atoms with van der Waals surface area (Å²) in [7, 11) is 0. The molecule has 222 valence electrons. The van der Waals surface area contributed by atoms with E-state index in [0.717, 1.165) is 6.54 Å². The number of hydrogen-bond acceptors (Lipinski definition) is 2. The summed E-state index contributed by atoms with van der Waals surface area (Å²) >= 11 is 1.94. The van der Waals surface area contributed by atoms with E-state index in [0.29, 0.717) is 0 Å². The average Bonchev–Trinajstić information content (AvgIpc) is 3.66. The molecule has 0 spiro atoms. The molecule has 0 aliphatic heterocycles. The fraction of sp³-hybridized carbons (Fsp3) is 0.182. The third-order valence-corrected chi connectivity index (χ3v) is 11.9. The van der Waals surface area contributed by atoms with Crippen molar-refractivity contribution in [3.63, 3.8) is 0 Å². The number of anilines is 1. The molecule has 0 unspecified atom stereocenters. The molecule has 0 saturated carbocycles. The largest absolute Gasteiger partial charge is 0.385 e. The first-order chi connectivity index (χ1) is 22.8. The second kappa shape index (κ2) is 10.2. The second-order valence-corrected chi connectivity index (χ2v) is 14.4. The third-order valence-electron chi connectivity index (χ3n) is 10.7. The summed E-state index contributed by atoms with van der Waals surface area (Å²) in [4.78, 5) is 2.76. The summed E-state index contributed by atoms with van der Waals surface area (Å²) in [6.07, 6.45) is 7.98. The van der Waals surface area contributed by atoms with Gasteiger partial charge in [0.25, 0.3) is 0 Å².